The van der Waals surface area contributed by atoms with E-state index in [0.717, 1.165) is 11.3 Å². The molecular formula is C20H15FN2O4S2. The SMILES string of the molecule is CC(=O)Nc1ccc(S(=O)(=O)/C(=C\c2ccc(F)cc2)C(=O)c2nccs2)cc1. The molecule has 0 aliphatic heterocycles. The van der Waals surface area contributed by atoms with E-state index in [-0.39, 0.29) is 15.8 Å². The predicted octanol–water partition coefficient (Wildman–Crippen LogP) is 3.94. The smallest absolute Gasteiger partial charge is 0.233 e. The first kappa shape index (κ1) is 20.6. The number of anilines is 1. The Morgan fingerprint density at radius 3 is 2.28 bits per heavy atom. The zero-order chi connectivity index (χ0) is 21.0. The van der Waals surface area contributed by atoms with E-state index in [1.807, 2.05) is 0 Å². The van der Waals surface area contributed by atoms with Crippen LogP contribution in [0.4, 0.5) is 10.1 Å². The van der Waals surface area contributed by atoms with E-state index in [0.29, 0.717) is 11.3 Å². The molecular weight excluding hydrogens is 415 g/mol. The van der Waals surface area contributed by atoms with Crippen molar-refractivity contribution in [2.75, 3.05) is 5.32 Å². The van der Waals surface area contributed by atoms with Gasteiger partial charge < -0.3 is 5.32 Å². The maximum absolute atomic E-state index is 13.2. The number of benzene rings is 2. The highest BCUT2D eigenvalue weighted by Gasteiger charge is 2.29. The van der Waals surface area contributed by atoms with Gasteiger partial charge in [0.15, 0.2) is 5.01 Å². The van der Waals surface area contributed by atoms with Crippen molar-refractivity contribution >= 4 is 44.6 Å². The van der Waals surface area contributed by atoms with Gasteiger partial charge in [0, 0.05) is 24.2 Å². The molecule has 1 aromatic heterocycles. The minimum atomic E-state index is -4.21. The number of Topliss-reactive ketones (excluding diaryl/α,β-unsaturated/α-hetero) is 1. The fourth-order valence-corrected chi connectivity index (χ4v) is 4.50. The second-order valence-electron chi connectivity index (χ2n) is 5.94. The van der Waals surface area contributed by atoms with Crippen LogP contribution in [-0.4, -0.2) is 25.1 Å². The van der Waals surface area contributed by atoms with Gasteiger partial charge in [-0.1, -0.05) is 12.1 Å². The van der Waals surface area contributed by atoms with Crippen LogP contribution in [0.2, 0.25) is 0 Å². The standard InChI is InChI=1S/C20H15FN2O4S2/c1-13(24)23-16-6-8-17(9-7-16)29(26,27)18(19(25)20-22-10-11-28-20)12-14-2-4-15(21)5-3-14/h2-12H,1H3,(H,23,24)/b18-12-. The molecule has 6 nitrogen and oxygen atoms in total. The third-order valence-corrected chi connectivity index (χ3v) is 6.34. The summed E-state index contributed by atoms with van der Waals surface area (Å²) in [7, 11) is -4.21. The van der Waals surface area contributed by atoms with Gasteiger partial charge in [-0.2, -0.15) is 0 Å². The largest absolute Gasteiger partial charge is 0.326 e. The molecule has 0 fully saturated rings. The average Bonchev–Trinajstić information content (AvgIpc) is 3.22. The molecule has 0 bridgehead atoms. The molecule has 29 heavy (non-hydrogen) atoms. The van der Waals surface area contributed by atoms with Crippen molar-refractivity contribution in [3.8, 4) is 0 Å². The summed E-state index contributed by atoms with van der Waals surface area (Å²) in [6, 6.07) is 10.6. The molecule has 3 aromatic rings. The van der Waals surface area contributed by atoms with Gasteiger partial charge in [0.25, 0.3) is 0 Å². The number of carbonyl (C=O) groups excluding carboxylic acids is 2. The summed E-state index contributed by atoms with van der Waals surface area (Å²) in [5.74, 6) is -1.53. The second kappa shape index (κ2) is 8.46. The van der Waals surface area contributed by atoms with Gasteiger partial charge in [-0.3, -0.25) is 9.59 Å². The first-order valence-corrected chi connectivity index (χ1v) is 10.7. The van der Waals surface area contributed by atoms with Crippen LogP contribution < -0.4 is 5.32 Å². The van der Waals surface area contributed by atoms with Gasteiger partial charge in [-0.15, -0.1) is 11.3 Å². The molecule has 0 unspecified atom stereocenters. The topological polar surface area (TPSA) is 93.2 Å². The fourth-order valence-electron chi connectivity index (χ4n) is 2.46. The molecule has 1 amide bonds. The Balaban J connectivity index is 2.08. The third-order valence-electron chi connectivity index (χ3n) is 3.79. The molecule has 148 valence electrons. The van der Waals surface area contributed by atoms with Gasteiger partial charge in [0.2, 0.25) is 21.5 Å². The van der Waals surface area contributed by atoms with Gasteiger partial charge >= 0.3 is 0 Å². The quantitative estimate of drug-likeness (QED) is 0.472. The van der Waals surface area contributed by atoms with E-state index in [9.17, 15) is 22.4 Å². The minimum Gasteiger partial charge on any atom is -0.326 e. The number of allylic oxidation sites excluding steroid dienone is 1. The van der Waals surface area contributed by atoms with Crippen molar-refractivity contribution in [2.45, 2.75) is 11.8 Å². The Kier molecular flexibility index (Phi) is 6.00. The zero-order valence-corrected chi connectivity index (χ0v) is 16.8. The summed E-state index contributed by atoms with van der Waals surface area (Å²) in [5, 5.41) is 4.14. The Bertz CT molecular complexity index is 1170. The molecule has 0 saturated heterocycles. The summed E-state index contributed by atoms with van der Waals surface area (Å²) < 4.78 is 39.6. The third kappa shape index (κ3) is 4.82. The zero-order valence-electron chi connectivity index (χ0n) is 15.1. The van der Waals surface area contributed by atoms with Crippen LogP contribution >= 0.6 is 11.3 Å². The number of hydrogen-bond acceptors (Lipinski definition) is 6. The van der Waals surface area contributed by atoms with E-state index in [2.05, 4.69) is 10.3 Å². The lowest BCUT2D eigenvalue weighted by Gasteiger charge is -2.09. The lowest BCUT2D eigenvalue weighted by atomic mass is 10.2. The van der Waals surface area contributed by atoms with Gasteiger partial charge in [0.1, 0.15) is 10.7 Å². The summed E-state index contributed by atoms with van der Waals surface area (Å²) in [6.45, 7) is 1.33. The molecule has 3 rings (SSSR count). The number of halogens is 1. The van der Waals surface area contributed by atoms with Crippen LogP contribution in [0.25, 0.3) is 6.08 Å². The molecule has 0 spiro atoms. The van der Waals surface area contributed by atoms with Crippen LogP contribution in [0, 0.1) is 5.82 Å². The number of amides is 1. The first-order chi connectivity index (χ1) is 13.8. The average molecular weight is 430 g/mol. The number of carbonyl (C=O) groups is 2. The van der Waals surface area contributed by atoms with Crippen LogP contribution in [0.3, 0.4) is 0 Å². The Morgan fingerprint density at radius 1 is 1.07 bits per heavy atom. The molecule has 1 N–H and O–H groups in total. The number of rotatable bonds is 6. The normalized spacial score (nSPS) is 11.9. The van der Waals surface area contributed by atoms with E-state index in [1.165, 1.54) is 67.7 Å². The van der Waals surface area contributed by atoms with Crippen molar-refractivity contribution < 1.29 is 22.4 Å². The second-order valence-corrected chi connectivity index (χ2v) is 8.75. The summed E-state index contributed by atoms with van der Waals surface area (Å²) in [6.07, 6.45) is 2.60. The van der Waals surface area contributed by atoms with Crippen LogP contribution in [0.1, 0.15) is 22.3 Å². The van der Waals surface area contributed by atoms with Crippen molar-refractivity contribution in [1.29, 1.82) is 0 Å². The maximum atomic E-state index is 13.2. The molecule has 0 aliphatic carbocycles. The summed E-state index contributed by atoms with van der Waals surface area (Å²) in [5.41, 5.74) is 0.775. The molecule has 1 heterocycles. The van der Waals surface area contributed by atoms with Crippen molar-refractivity contribution in [2.24, 2.45) is 0 Å². The molecule has 2 aromatic carbocycles. The van der Waals surface area contributed by atoms with E-state index < -0.39 is 26.3 Å². The van der Waals surface area contributed by atoms with Crippen molar-refractivity contribution in [3.63, 3.8) is 0 Å². The number of nitrogens with zero attached hydrogens (tertiary/aromatic N) is 1. The molecule has 0 saturated carbocycles. The Labute approximate surface area is 170 Å². The van der Waals surface area contributed by atoms with E-state index in [1.54, 1.807) is 5.38 Å². The van der Waals surface area contributed by atoms with Gasteiger partial charge in [-0.05, 0) is 48.0 Å². The van der Waals surface area contributed by atoms with Crippen LogP contribution in [0.5, 0.6) is 0 Å². The predicted molar refractivity (Wildman–Crippen MR) is 109 cm³/mol. The summed E-state index contributed by atoms with van der Waals surface area (Å²) in [4.78, 5) is 27.3. The van der Waals surface area contributed by atoms with Gasteiger partial charge in [-0.25, -0.2) is 17.8 Å². The molecule has 9 heteroatoms. The van der Waals surface area contributed by atoms with E-state index >= 15 is 0 Å². The van der Waals surface area contributed by atoms with Crippen LogP contribution in [0.15, 0.2) is 69.9 Å². The Hall–Kier alpha value is -3.17. The fraction of sp³-hybridized carbons (Fsp3) is 0.0500. The number of nitrogens with one attached hydrogen (secondary N) is 1. The molecule has 0 aliphatic rings. The van der Waals surface area contributed by atoms with E-state index in [4.69, 9.17) is 0 Å². The number of ketones is 1. The molecule has 0 radical (unpaired) electrons. The molecule has 0 atom stereocenters. The number of thiazole rings is 1. The highest BCUT2D eigenvalue weighted by Crippen LogP contribution is 2.27. The highest BCUT2D eigenvalue weighted by atomic mass is 32.2. The van der Waals surface area contributed by atoms with Gasteiger partial charge in [0.05, 0.1) is 4.90 Å². The van der Waals surface area contributed by atoms with Crippen molar-refractivity contribution in [3.05, 3.63) is 81.4 Å². The number of aromatic nitrogens is 1. The lowest BCUT2D eigenvalue weighted by Crippen LogP contribution is -2.14. The first-order valence-electron chi connectivity index (χ1n) is 8.31. The highest BCUT2D eigenvalue weighted by molar-refractivity contribution is 7.96. The monoisotopic (exact) mass is 430 g/mol. The minimum absolute atomic E-state index is 0.0248. The number of hydrogen-bond donors (Lipinski definition) is 1. The maximum Gasteiger partial charge on any atom is 0.233 e. The number of sulfone groups is 1. The Morgan fingerprint density at radius 2 is 1.72 bits per heavy atom. The van der Waals surface area contributed by atoms with Crippen LogP contribution in [-0.2, 0) is 14.6 Å². The van der Waals surface area contributed by atoms with Crippen molar-refractivity contribution in [1.82, 2.24) is 4.98 Å². The summed E-state index contributed by atoms with van der Waals surface area (Å²) >= 11 is 1.02. The lowest BCUT2D eigenvalue weighted by molar-refractivity contribution is -0.114.